The third-order valence-electron chi connectivity index (χ3n) is 4.13. The Kier molecular flexibility index (Phi) is 5.76. The number of aromatic nitrogens is 1. The lowest BCUT2D eigenvalue weighted by Gasteiger charge is -2.05. The van der Waals surface area contributed by atoms with Crippen LogP contribution in [0.5, 0.6) is 0 Å². The minimum atomic E-state index is -0.513. The Bertz CT molecular complexity index is 1100. The maximum Gasteiger partial charge on any atom is 0.279 e. The zero-order chi connectivity index (χ0) is 19.6. The van der Waals surface area contributed by atoms with Crippen molar-refractivity contribution < 1.29 is 9.72 Å². The molecule has 0 bridgehead atoms. The number of hydrogen-bond donors (Lipinski definition) is 0. The number of nitro groups is 1. The molecule has 0 atom stereocenters. The van der Waals surface area contributed by atoms with Gasteiger partial charge in [0.2, 0.25) is 0 Å². The van der Waals surface area contributed by atoms with Crippen LogP contribution >= 0.6 is 23.1 Å². The molecular weight excluding hydrogens is 382 g/mol. The van der Waals surface area contributed by atoms with Gasteiger partial charge >= 0.3 is 0 Å². The number of non-ortho nitro benzene ring substituents is 1. The lowest BCUT2D eigenvalue weighted by molar-refractivity contribution is -0.384. The highest BCUT2D eigenvalue weighted by atomic mass is 32.2. The molecule has 0 radical (unpaired) electrons. The van der Waals surface area contributed by atoms with Crippen LogP contribution in [-0.4, -0.2) is 27.4 Å². The van der Waals surface area contributed by atoms with Crippen LogP contribution in [0.15, 0.2) is 41.4 Å². The summed E-state index contributed by atoms with van der Waals surface area (Å²) in [6, 6.07) is 9.90. The van der Waals surface area contributed by atoms with Crippen LogP contribution in [0.2, 0.25) is 0 Å². The molecule has 8 heteroatoms. The molecule has 1 heterocycles. The van der Waals surface area contributed by atoms with Crippen LogP contribution in [0.4, 0.5) is 5.69 Å². The molecule has 140 valence electrons. The molecule has 0 fully saturated rings. The van der Waals surface area contributed by atoms with Crippen molar-refractivity contribution in [3.05, 3.63) is 68.0 Å². The Morgan fingerprint density at radius 3 is 2.78 bits per heavy atom. The van der Waals surface area contributed by atoms with Crippen molar-refractivity contribution in [2.24, 2.45) is 4.99 Å². The average Bonchev–Trinajstić information content (AvgIpc) is 2.97. The number of carbonyl (C=O) groups excluding carboxylic acids is 1. The standard InChI is InChI=1S/C19H19N3O3S2/c1-12-9-13(2)17-16(10-12)21(7-8-26-3)19(27-17)20-18(23)14-5-4-6-15(11-14)22(24)25/h4-6,9-11H,7-8H2,1-3H3. The summed E-state index contributed by atoms with van der Waals surface area (Å²) in [4.78, 5) is 28.0. The SMILES string of the molecule is CSCCn1c(=NC(=O)c2cccc([N+](=O)[O-])c2)sc2c(C)cc(C)cc21. The fourth-order valence-corrected chi connectivity index (χ4v) is 4.37. The van der Waals surface area contributed by atoms with Crippen molar-refractivity contribution >= 4 is 44.9 Å². The van der Waals surface area contributed by atoms with Crippen molar-refractivity contribution in [3.63, 3.8) is 0 Å². The Hall–Kier alpha value is -2.45. The molecule has 3 aromatic rings. The average molecular weight is 402 g/mol. The molecule has 6 nitrogen and oxygen atoms in total. The van der Waals surface area contributed by atoms with E-state index in [1.165, 1.54) is 29.5 Å². The Balaban J connectivity index is 2.14. The predicted octanol–water partition coefficient (Wildman–Crippen LogP) is 4.33. The summed E-state index contributed by atoms with van der Waals surface area (Å²) in [6.45, 7) is 4.84. The first kappa shape index (κ1) is 19.3. The first-order valence-electron chi connectivity index (χ1n) is 8.33. The molecule has 1 aromatic heterocycles. The Morgan fingerprint density at radius 2 is 2.07 bits per heavy atom. The molecule has 0 saturated heterocycles. The number of aryl methyl sites for hydroxylation is 3. The normalized spacial score (nSPS) is 11.9. The number of amides is 1. The highest BCUT2D eigenvalue weighted by Gasteiger charge is 2.13. The molecule has 1 amide bonds. The Morgan fingerprint density at radius 1 is 1.30 bits per heavy atom. The molecule has 3 rings (SSSR count). The quantitative estimate of drug-likeness (QED) is 0.471. The summed E-state index contributed by atoms with van der Waals surface area (Å²) in [5.41, 5.74) is 3.47. The fraction of sp³-hybridized carbons (Fsp3) is 0.263. The number of rotatable bonds is 5. The molecular formula is C19H19N3O3S2. The number of nitro benzene ring substituents is 1. The number of thioether (sulfide) groups is 1. The van der Waals surface area contributed by atoms with Crippen LogP contribution in [-0.2, 0) is 6.54 Å². The van der Waals surface area contributed by atoms with Crippen LogP contribution in [0.1, 0.15) is 21.5 Å². The summed E-state index contributed by atoms with van der Waals surface area (Å²) < 4.78 is 3.17. The minimum absolute atomic E-state index is 0.117. The highest BCUT2D eigenvalue weighted by molar-refractivity contribution is 7.98. The van der Waals surface area contributed by atoms with Crippen molar-refractivity contribution in [3.8, 4) is 0 Å². The van der Waals surface area contributed by atoms with Gasteiger partial charge in [0.1, 0.15) is 0 Å². The lowest BCUT2D eigenvalue weighted by atomic mass is 10.1. The predicted molar refractivity (Wildman–Crippen MR) is 111 cm³/mol. The lowest BCUT2D eigenvalue weighted by Crippen LogP contribution is -2.18. The molecule has 0 N–H and O–H groups in total. The summed E-state index contributed by atoms with van der Waals surface area (Å²) in [7, 11) is 0. The van der Waals surface area contributed by atoms with E-state index in [2.05, 4.69) is 28.6 Å². The third-order valence-corrected chi connectivity index (χ3v) is 5.95. The van der Waals surface area contributed by atoms with Gasteiger partial charge in [-0.3, -0.25) is 14.9 Å². The minimum Gasteiger partial charge on any atom is -0.315 e. The monoisotopic (exact) mass is 401 g/mol. The van der Waals surface area contributed by atoms with Crippen LogP contribution < -0.4 is 4.80 Å². The molecule has 27 heavy (non-hydrogen) atoms. The molecule has 0 saturated carbocycles. The number of nitrogens with zero attached hydrogens (tertiary/aromatic N) is 3. The summed E-state index contributed by atoms with van der Waals surface area (Å²) >= 11 is 3.20. The summed E-state index contributed by atoms with van der Waals surface area (Å²) in [6.07, 6.45) is 2.04. The van der Waals surface area contributed by atoms with Gasteiger partial charge in [-0.1, -0.05) is 23.5 Å². The van der Waals surface area contributed by atoms with E-state index < -0.39 is 10.8 Å². The summed E-state index contributed by atoms with van der Waals surface area (Å²) in [5, 5.41) is 11.0. The van der Waals surface area contributed by atoms with E-state index >= 15 is 0 Å². The van der Waals surface area contributed by atoms with Gasteiger partial charge in [0.05, 0.1) is 15.1 Å². The zero-order valence-electron chi connectivity index (χ0n) is 15.3. The van der Waals surface area contributed by atoms with Crippen molar-refractivity contribution in [1.29, 1.82) is 0 Å². The van der Waals surface area contributed by atoms with Crippen LogP contribution in [0.25, 0.3) is 10.2 Å². The maximum absolute atomic E-state index is 12.6. The molecule has 2 aromatic carbocycles. The van der Waals surface area contributed by atoms with E-state index in [0.29, 0.717) is 4.80 Å². The van der Waals surface area contributed by atoms with Crippen LogP contribution in [0, 0.1) is 24.0 Å². The summed E-state index contributed by atoms with van der Waals surface area (Å²) in [5.74, 6) is 0.425. The maximum atomic E-state index is 12.6. The molecule has 0 aliphatic heterocycles. The number of carbonyl (C=O) groups is 1. The van der Waals surface area contributed by atoms with E-state index in [1.54, 1.807) is 17.8 Å². The first-order chi connectivity index (χ1) is 12.9. The number of thiazole rings is 1. The van der Waals surface area contributed by atoms with E-state index in [4.69, 9.17) is 0 Å². The smallest absolute Gasteiger partial charge is 0.279 e. The second kappa shape index (κ2) is 8.06. The van der Waals surface area contributed by atoms with Gasteiger partial charge < -0.3 is 4.57 Å². The topological polar surface area (TPSA) is 77.5 Å². The molecule has 0 aliphatic rings. The number of fused-ring (bicyclic) bond motifs is 1. The van der Waals surface area contributed by atoms with Gasteiger partial charge in [-0.15, -0.1) is 0 Å². The molecule has 0 unspecified atom stereocenters. The van der Waals surface area contributed by atoms with Gasteiger partial charge in [-0.2, -0.15) is 16.8 Å². The second-order valence-electron chi connectivity index (χ2n) is 6.18. The zero-order valence-corrected chi connectivity index (χ0v) is 16.9. The first-order valence-corrected chi connectivity index (χ1v) is 10.5. The second-order valence-corrected chi connectivity index (χ2v) is 8.15. The largest absolute Gasteiger partial charge is 0.315 e. The fourth-order valence-electron chi connectivity index (χ4n) is 2.90. The van der Waals surface area contributed by atoms with Gasteiger partial charge in [0.25, 0.3) is 11.6 Å². The van der Waals surface area contributed by atoms with E-state index in [0.717, 1.165) is 33.6 Å². The van der Waals surface area contributed by atoms with E-state index in [9.17, 15) is 14.9 Å². The van der Waals surface area contributed by atoms with Crippen molar-refractivity contribution in [2.45, 2.75) is 20.4 Å². The third kappa shape index (κ3) is 4.12. The van der Waals surface area contributed by atoms with Gasteiger partial charge in [0, 0.05) is 30.0 Å². The highest BCUT2D eigenvalue weighted by Crippen LogP contribution is 2.24. The van der Waals surface area contributed by atoms with Crippen LogP contribution in [0.3, 0.4) is 0 Å². The number of benzene rings is 2. The molecule has 0 spiro atoms. The van der Waals surface area contributed by atoms with Crippen molar-refractivity contribution in [1.82, 2.24) is 4.57 Å². The number of hydrogen-bond acceptors (Lipinski definition) is 5. The van der Waals surface area contributed by atoms with E-state index in [-0.39, 0.29) is 11.3 Å². The van der Waals surface area contributed by atoms with E-state index in [1.807, 2.05) is 13.2 Å². The van der Waals surface area contributed by atoms with Gasteiger partial charge in [-0.25, -0.2) is 0 Å². The molecule has 0 aliphatic carbocycles. The Labute approximate surface area is 164 Å². The van der Waals surface area contributed by atoms with Gasteiger partial charge in [-0.05, 0) is 43.4 Å². The van der Waals surface area contributed by atoms with Gasteiger partial charge in [0.15, 0.2) is 4.80 Å². The van der Waals surface area contributed by atoms with Crippen molar-refractivity contribution in [2.75, 3.05) is 12.0 Å².